The molecule has 1 unspecified atom stereocenters. The smallest absolute Gasteiger partial charge is 0.258 e. The van der Waals surface area contributed by atoms with Crippen molar-refractivity contribution >= 4 is 15.7 Å². The Morgan fingerprint density at radius 1 is 1.42 bits per heavy atom. The Bertz CT molecular complexity index is 589. The first-order valence-corrected chi connectivity index (χ1v) is 7.09. The van der Waals surface area contributed by atoms with E-state index in [1.165, 1.54) is 24.3 Å². The molecule has 0 spiro atoms. The zero-order chi connectivity index (χ0) is 14.5. The van der Waals surface area contributed by atoms with Crippen molar-refractivity contribution in [1.29, 1.82) is 5.26 Å². The number of hydrogen-bond acceptors (Lipinski definition) is 5. The molecule has 1 aromatic carbocycles. The molecule has 0 fully saturated rings. The summed E-state index contributed by atoms with van der Waals surface area (Å²) in [6.45, 7) is 1.59. The van der Waals surface area contributed by atoms with Gasteiger partial charge < -0.3 is 0 Å². The van der Waals surface area contributed by atoms with Gasteiger partial charge in [-0.05, 0) is 12.5 Å². The summed E-state index contributed by atoms with van der Waals surface area (Å²) in [6.07, 6.45) is 0.0828. The van der Waals surface area contributed by atoms with E-state index < -0.39 is 21.0 Å². The molecule has 1 N–H and O–H groups in total. The van der Waals surface area contributed by atoms with Crippen LogP contribution in [0.4, 0.5) is 5.69 Å². The van der Waals surface area contributed by atoms with Crippen molar-refractivity contribution in [3.05, 3.63) is 39.9 Å². The van der Waals surface area contributed by atoms with Crippen molar-refractivity contribution in [2.24, 2.45) is 0 Å². The van der Waals surface area contributed by atoms with Gasteiger partial charge in [0.25, 0.3) is 5.69 Å². The highest BCUT2D eigenvalue weighted by molar-refractivity contribution is 7.88. The standard InChI is InChI=1S/C11H13N3O4S/c1-9(6-7-12)13-19(17,18)8-10-2-4-11(5-3-10)14(15)16/h2-5,9,13H,6,8H2,1H3. The summed E-state index contributed by atoms with van der Waals surface area (Å²) in [5.41, 5.74) is 0.356. The van der Waals surface area contributed by atoms with Crippen LogP contribution in [0.5, 0.6) is 0 Å². The number of hydrogen-bond donors (Lipinski definition) is 1. The SMILES string of the molecule is CC(CC#N)NS(=O)(=O)Cc1ccc([N+](=O)[O-])cc1. The van der Waals surface area contributed by atoms with Crippen molar-refractivity contribution < 1.29 is 13.3 Å². The van der Waals surface area contributed by atoms with Gasteiger partial charge in [-0.2, -0.15) is 5.26 Å². The van der Waals surface area contributed by atoms with Crippen molar-refractivity contribution in [3.8, 4) is 6.07 Å². The fraction of sp³-hybridized carbons (Fsp3) is 0.364. The summed E-state index contributed by atoms with van der Waals surface area (Å²) in [4.78, 5) is 9.91. The van der Waals surface area contributed by atoms with Crippen LogP contribution in [0.3, 0.4) is 0 Å². The van der Waals surface area contributed by atoms with Crippen molar-refractivity contribution in [1.82, 2.24) is 4.72 Å². The van der Waals surface area contributed by atoms with Crippen LogP contribution < -0.4 is 4.72 Å². The number of benzene rings is 1. The average molecular weight is 283 g/mol. The Kier molecular flexibility index (Phi) is 4.97. The predicted molar refractivity (Wildman–Crippen MR) is 68.5 cm³/mol. The van der Waals surface area contributed by atoms with Crippen LogP contribution in [0.25, 0.3) is 0 Å². The van der Waals surface area contributed by atoms with Gasteiger partial charge in [0, 0.05) is 18.2 Å². The molecular weight excluding hydrogens is 270 g/mol. The highest BCUT2D eigenvalue weighted by atomic mass is 32.2. The molecule has 0 aliphatic carbocycles. The molecule has 0 heterocycles. The zero-order valence-electron chi connectivity index (χ0n) is 10.2. The van der Waals surface area contributed by atoms with Gasteiger partial charge in [-0.3, -0.25) is 10.1 Å². The molecule has 8 heteroatoms. The molecule has 1 atom stereocenters. The van der Waals surface area contributed by atoms with Crippen molar-refractivity contribution in [2.75, 3.05) is 0 Å². The largest absolute Gasteiger partial charge is 0.269 e. The van der Waals surface area contributed by atoms with Gasteiger partial charge in [-0.15, -0.1) is 0 Å². The lowest BCUT2D eigenvalue weighted by atomic mass is 10.2. The first-order valence-electron chi connectivity index (χ1n) is 5.44. The molecule has 1 rings (SSSR count). The van der Waals surface area contributed by atoms with Crippen LogP contribution in [0, 0.1) is 21.4 Å². The Hall–Kier alpha value is -1.98. The first kappa shape index (κ1) is 15.1. The average Bonchev–Trinajstić information content (AvgIpc) is 2.28. The fourth-order valence-corrected chi connectivity index (χ4v) is 2.87. The fourth-order valence-electron chi connectivity index (χ4n) is 1.46. The van der Waals surface area contributed by atoms with E-state index in [1.807, 2.05) is 6.07 Å². The molecule has 0 aliphatic heterocycles. The van der Waals surface area contributed by atoms with Crippen LogP contribution in [0.15, 0.2) is 24.3 Å². The summed E-state index contributed by atoms with van der Waals surface area (Å²) in [5.74, 6) is -0.277. The maximum Gasteiger partial charge on any atom is 0.269 e. The quantitative estimate of drug-likeness (QED) is 0.624. The van der Waals surface area contributed by atoms with E-state index in [9.17, 15) is 18.5 Å². The molecule has 0 saturated carbocycles. The van der Waals surface area contributed by atoms with E-state index >= 15 is 0 Å². The summed E-state index contributed by atoms with van der Waals surface area (Å²) in [6, 6.07) is 6.70. The predicted octanol–water partition coefficient (Wildman–Crippen LogP) is 1.32. The van der Waals surface area contributed by atoms with Gasteiger partial charge in [0.15, 0.2) is 0 Å². The maximum atomic E-state index is 11.7. The molecule has 0 radical (unpaired) electrons. The summed E-state index contributed by atoms with van der Waals surface area (Å²) in [5, 5.41) is 18.9. The summed E-state index contributed by atoms with van der Waals surface area (Å²) in [7, 11) is -3.56. The van der Waals surface area contributed by atoms with Gasteiger partial charge in [-0.1, -0.05) is 12.1 Å². The Morgan fingerprint density at radius 2 is 2.00 bits per heavy atom. The lowest BCUT2D eigenvalue weighted by Crippen LogP contribution is -2.33. The highest BCUT2D eigenvalue weighted by Gasteiger charge is 2.15. The van der Waals surface area contributed by atoms with Gasteiger partial charge in [0.1, 0.15) is 0 Å². The number of sulfonamides is 1. The lowest BCUT2D eigenvalue weighted by Gasteiger charge is -2.10. The van der Waals surface area contributed by atoms with E-state index in [1.54, 1.807) is 6.92 Å². The van der Waals surface area contributed by atoms with Gasteiger partial charge in [-0.25, -0.2) is 13.1 Å². The van der Waals surface area contributed by atoms with Gasteiger partial charge in [0.05, 0.1) is 23.2 Å². The Labute approximate surface area is 111 Å². The number of non-ortho nitro benzene ring substituents is 1. The number of nitro groups is 1. The van der Waals surface area contributed by atoms with Crippen molar-refractivity contribution in [2.45, 2.75) is 25.1 Å². The lowest BCUT2D eigenvalue weighted by molar-refractivity contribution is -0.384. The van der Waals surface area contributed by atoms with Gasteiger partial charge in [0.2, 0.25) is 10.0 Å². The molecule has 1 aromatic rings. The van der Waals surface area contributed by atoms with Crippen LogP contribution >= 0.6 is 0 Å². The topological polar surface area (TPSA) is 113 Å². The third-order valence-electron chi connectivity index (χ3n) is 2.28. The van der Waals surface area contributed by atoms with Crippen LogP contribution in [-0.4, -0.2) is 19.4 Å². The third kappa shape index (κ3) is 5.03. The van der Waals surface area contributed by atoms with E-state index in [2.05, 4.69) is 4.72 Å². The number of nitrogens with zero attached hydrogens (tertiary/aromatic N) is 2. The number of rotatable bonds is 6. The zero-order valence-corrected chi connectivity index (χ0v) is 11.1. The van der Waals surface area contributed by atoms with Crippen LogP contribution in [0.2, 0.25) is 0 Å². The summed E-state index contributed by atoms with van der Waals surface area (Å²) < 4.78 is 25.9. The second-order valence-electron chi connectivity index (χ2n) is 4.06. The molecule has 0 aliphatic rings. The maximum absolute atomic E-state index is 11.7. The minimum Gasteiger partial charge on any atom is -0.258 e. The Morgan fingerprint density at radius 3 is 2.47 bits per heavy atom. The third-order valence-corrected chi connectivity index (χ3v) is 3.76. The van der Waals surface area contributed by atoms with Crippen molar-refractivity contribution in [3.63, 3.8) is 0 Å². The molecule has 102 valence electrons. The molecule has 0 aromatic heterocycles. The van der Waals surface area contributed by atoms with E-state index in [0.29, 0.717) is 5.56 Å². The number of nitrogens with one attached hydrogen (secondary N) is 1. The number of nitriles is 1. The minimum absolute atomic E-state index is 0.0828. The second kappa shape index (κ2) is 6.26. The molecule has 0 saturated heterocycles. The monoisotopic (exact) mass is 283 g/mol. The minimum atomic E-state index is -3.56. The molecule has 0 bridgehead atoms. The highest BCUT2D eigenvalue weighted by Crippen LogP contribution is 2.13. The van der Waals surface area contributed by atoms with Crippen LogP contribution in [0.1, 0.15) is 18.9 Å². The Balaban J connectivity index is 2.73. The molecule has 19 heavy (non-hydrogen) atoms. The molecule has 0 amide bonds. The van der Waals surface area contributed by atoms with Crippen LogP contribution in [-0.2, 0) is 15.8 Å². The second-order valence-corrected chi connectivity index (χ2v) is 5.82. The van der Waals surface area contributed by atoms with E-state index in [0.717, 1.165) is 0 Å². The summed E-state index contributed by atoms with van der Waals surface area (Å²) >= 11 is 0. The molecular formula is C11H13N3O4S. The van der Waals surface area contributed by atoms with E-state index in [4.69, 9.17) is 5.26 Å². The molecule has 7 nitrogen and oxygen atoms in total. The number of nitro benzene ring substituents is 1. The van der Waals surface area contributed by atoms with Gasteiger partial charge >= 0.3 is 0 Å². The first-order chi connectivity index (χ1) is 8.84. The van der Waals surface area contributed by atoms with E-state index in [-0.39, 0.29) is 17.9 Å². The normalized spacial score (nSPS) is 12.6.